The maximum absolute atomic E-state index is 11.9. The van der Waals surface area contributed by atoms with Crippen molar-refractivity contribution >= 4 is 12.0 Å². The van der Waals surface area contributed by atoms with Crippen LogP contribution >= 0.6 is 0 Å². The zero-order valence-electron chi connectivity index (χ0n) is 12.3. The Balaban J connectivity index is 2.49. The molecule has 0 heterocycles. The van der Waals surface area contributed by atoms with Crippen LogP contribution < -0.4 is 10.6 Å². The van der Waals surface area contributed by atoms with Gasteiger partial charge < -0.3 is 15.7 Å². The number of carboxylic acid groups (broad SMARTS) is 1. The Morgan fingerprint density at radius 3 is 2.37 bits per heavy atom. The number of carbonyl (C=O) groups excluding carboxylic acids is 1. The van der Waals surface area contributed by atoms with Crippen molar-refractivity contribution in [3.8, 4) is 0 Å². The third-order valence-corrected chi connectivity index (χ3v) is 4.50. The van der Waals surface area contributed by atoms with Crippen LogP contribution in [-0.2, 0) is 4.79 Å². The van der Waals surface area contributed by atoms with Crippen molar-refractivity contribution in [1.29, 1.82) is 0 Å². The molecule has 0 aromatic heterocycles. The Kier molecular flexibility index (Phi) is 5.20. The van der Waals surface area contributed by atoms with E-state index in [9.17, 15) is 9.59 Å². The molecule has 110 valence electrons. The maximum atomic E-state index is 11.9. The van der Waals surface area contributed by atoms with E-state index in [0.717, 1.165) is 19.3 Å². The zero-order chi connectivity index (χ0) is 14.6. The molecular formula is C14H26N2O3. The highest BCUT2D eigenvalue weighted by molar-refractivity contribution is 5.85. The Morgan fingerprint density at radius 2 is 1.89 bits per heavy atom. The van der Waals surface area contributed by atoms with E-state index in [1.54, 1.807) is 6.92 Å². The molecule has 0 spiro atoms. The Labute approximate surface area is 115 Å². The van der Waals surface area contributed by atoms with Crippen LogP contribution in [0.5, 0.6) is 0 Å². The van der Waals surface area contributed by atoms with E-state index in [1.807, 2.05) is 0 Å². The van der Waals surface area contributed by atoms with Gasteiger partial charge in [0.15, 0.2) is 0 Å². The first-order chi connectivity index (χ1) is 8.78. The van der Waals surface area contributed by atoms with E-state index >= 15 is 0 Å². The van der Waals surface area contributed by atoms with Crippen LogP contribution in [0.2, 0.25) is 0 Å². The van der Waals surface area contributed by atoms with Gasteiger partial charge in [0, 0.05) is 6.04 Å². The van der Waals surface area contributed by atoms with Gasteiger partial charge in [-0.1, -0.05) is 20.8 Å². The van der Waals surface area contributed by atoms with Gasteiger partial charge in [0.05, 0.1) is 0 Å². The summed E-state index contributed by atoms with van der Waals surface area (Å²) in [6.45, 7) is 7.71. The zero-order valence-corrected chi connectivity index (χ0v) is 12.3. The summed E-state index contributed by atoms with van der Waals surface area (Å²) in [5, 5.41) is 14.6. The molecule has 1 fully saturated rings. The van der Waals surface area contributed by atoms with E-state index in [4.69, 9.17) is 5.11 Å². The highest BCUT2D eigenvalue weighted by Crippen LogP contribution is 2.29. The van der Waals surface area contributed by atoms with E-state index in [-0.39, 0.29) is 12.1 Å². The maximum Gasteiger partial charge on any atom is 0.329 e. The number of hydrogen-bond acceptors (Lipinski definition) is 2. The molecule has 2 amide bonds. The quantitative estimate of drug-likeness (QED) is 0.733. The predicted octanol–water partition coefficient (Wildman–Crippen LogP) is 2.36. The molecule has 1 aliphatic rings. The van der Waals surface area contributed by atoms with Crippen molar-refractivity contribution < 1.29 is 14.7 Å². The summed E-state index contributed by atoms with van der Waals surface area (Å²) in [6, 6.07) is -0.223. The lowest BCUT2D eigenvalue weighted by molar-refractivity contribution is -0.143. The van der Waals surface area contributed by atoms with E-state index in [2.05, 4.69) is 24.5 Å². The first-order valence-electron chi connectivity index (χ1n) is 7.10. The summed E-state index contributed by atoms with van der Waals surface area (Å²) >= 11 is 0. The normalized spacial score (nSPS) is 30.2. The number of carbonyl (C=O) groups is 2. The van der Waals surface area contributed by atoms with Gasteiger partial charge in [0.1, 0.15) is 5.54 Å². The molecule has 1 saturated carbocycles. The number of urea groups is 1. The van der Waals surface area contributed by atoms with Crippen LogP contribution in [0.3, 0.4) is 0 Å². The van der Waals surface area contributed by atoms with Gasteiger partial charge in [0.25, 0.3) is 0 Å². The molecule has 3 N–H and O–H groups in total. The van der Waals surface area contributed by atoms with Gasteiger partial charge in [-0.05, 0) is 44.4 Å². The molecule has 0 bridgehead atoms. The first kappa shape index (κ1) is 15.8. The molecule has 0 aromatic carbocycles. The molecule has 19 heavy (non-hydrogen) atoms. The first-order valence-corrected chi connectivity index (χ1v) is 7.10. The number of hydrogen-bond donors (Lipinski definition) is 3. The molecule has 4 atom stereocenters. The topological polar surface area (TPSA) is 78.4 Å². The number of nitrogens with one attached hydrogen (secondary N) is 2. The lowest BCUT2D eigenvalue weighted by Crippen LogP contribution is -2.56. The number of aliphatic carboxylic acids is 1. The molecule has 5 heteroatoms. The summed E-state index contributed by atoms with van der Waals surface area (Å²) in [5.41, 5.74) is -1.20. The fourth-order valence-corrected chi connectivity index (χ4v) is 2.44. The number of carboxylic acids is 1. The van der Waals surface area contributed by atoms with E-state index < -0.39 is 11.5 Å². The van der Waals surface area contributed by atoms with Crippen LogP contribution in [0.15, 0.2) is 0 Å². The lowest BCUT2D eigenvalue weighted by Gasteiger charge is -2.33. The molecular weight excluding hydrogens is 244 g/mol. The molecule has 0 radical (unpaired) electrons. The molecule has 0 aliphatic heterocycles. The van der Waals surface area contributed by atoms with Gasteiger partial charge in [-0.15, -0.1) is 0 Å². The second kappa shape index (κ2) is 6.26. The van der Waals surface area contributed by atoms with Crippen LogP contribution in [0.25, 0.3) is 0 Å². The van der Waals surface area contributed by atoms with Crippen molar-refractivity contribution in [2.24, 2.45) is 11.8 Å². The molecule has 0 aromatic rings. The Morgan fingerprint density at radius 1 is 1.26 bits per heavy atom. The van der Waals surface area contributed by atoms with E-state index in [1.165, 1.54) is 6.92 Å². The average molecular weight is 270 g/mol. The third-order valence-electron chi connectivity index (χ3n) is 4.50. The summed E-state index contributed by atoms with van der Waals surface area (Å²) < 4.78 is 0. The van der Waals surface area contributed by atoms with Crippen molar-refractivity contribution in [1.82, 2.24) is 10.6 Å². The predicted molar refractivity (Wildman–Crippen MR) is 74.0 cm³/mol. The fourth-order valence-electron chi connectivity index (χ4n) is 2.44. The fraction of sp³-hybridized carbons (Fsp3) is 0.857. The van der Waals surface area contributed by atoms with E-state index in [0.29, 0.717) is 18.3 Å². The molecule has 0 saturated heterocycles. The van der Waals surface area contributed by atoms with Gasteiger partial charge in [-0.3, -0.25) is 0 Å². The van der Waals surface area contributed by atoms with Crippen molar-refractivity contribution in [3.05, 3.63) is 0 Å². The number of amides is 2. The minimum Gasteiger partial charge on any atom is -0.480 e. The average Bonchev–Trinajstić information content (AvgIpc) is 2.33. The van der Waals surface area contributed by atoms with Gasteiger partial charge in [-0.2, -0.15) is 0 Å². The van der Waals surface area contributed by atoms with Crippen molar-refractivity contribution in [2.45, 2.75) is 65.0 Å². The van der Waals surface area contributed by atoms with Crippen molar-refractivity contribution in [3.63, 3.8) is 0 Å². The van der Waals surface area contributed by atoms with Crippen LogP contribution in [0, 0.1) is 11.8 Å². The standard InChI is InChI=1S/C14H26N2O3/c1-5-14(4,12(17)18)16-13(19)15-11-7-6-9(2)10(3)8-11/h9-11H,5-8H2,1-4H3,(H,17,18)(H2,15,16,19). The minimum atomic E-state index is -1.20. The molecule has 1 aliphatic carbocycles. The van der Waals surface area contributed by atoms with Gasteiger partial charge in [0.2, 0.25) is 0 Å². The molecule has 5 nitrogen and oxygen atoms in total. The Bertz CT molecular complexity index is 346. The monoisotopic (exact) mass is 270 g/mol. The third kappa shape index (κ3) is 4.11. The SMILES string of the molecule is CCC(C)(NC(=O)NC1CCC(C)C(C)C1)C(=O)O. The summed E-state index contributed by atoms with van der Waals surface area (Å²) in [5.74, 6) is 0.285. The second-order valence-corrected chi connectivity index (χ2v) is 6.05. The lowest BCUT2D eigenvalue weighted by atomic mass is 9.79. The van der Waals surface area contributed by atoms with Crippen LogP contribution in [0.1, 0.15) is 53.4 Å². The van der Waals surface area contributed by atoms with Crippen molar-refractivity contribution in [2.75, 3.05) is 0 Å². The summed E-state index contributed by atoms with van der Waals surface area (Å²) in [6.07, 6.45) is 3.39. The summed E-state index contributed by atoms with van der Waals surface area (Å²) in [7, 11) is 0. The molecule has 4 unspecified atom stereocenters. The van der Waals surface area contributed by atoms with Gasteiger partial charge in [-0.25, -0.2) is 9.59 Å². The number of rotatable bonds is 4. The second-order valence-electron chi connectivity index (χ2n) is 6.05. The van der Waals surface area contributed by atoms with Crippen LogP contribution in [0.4, 0.5) is 4.79 Å². The molecule has 1 rings (SSSR count). The Hall–Kier alpha value is -1.26. The summed E-state index contributed by atoms with van der Waals surface area (Å²) in [4.78, 5) is 23.0. The smallest absolute Gasteiger partial charge is 0.329 e. The largest absolute Gasteiger partial charge is 0.480 e. The van der Waals surface area contributed by atoms with Crippen LogP contribution in [-0.4, -0.2) is 28.7 Å². The highest BCUT2D eigenvalue weighted by atomic mass is 16.4. The minimum absolute atomic E-state index is 0.154. The highest BCUT2D eigenvalue weighted by Gasteiger charge is 2.34. The van der Waals surface area contributed by atoms with Gasteiger partial charge >= 0.3 is 12.0 Å².